The Labute approximate surface area is 118 Å². The van der Waals surface area contributed by atoms with Gasteiger partial charge in [-0.2, -0.15) is 5.26 Å². The average Bonchev–Trinajstić information content (AvgIpc) is 1.97. The fourth-order valence-corrected chi connectivity index (χ4v) is 0.744. The molecule has 0 aliphatic carbocycles. The summed E-state index contributed by atoms with van der Waals surface area (Å²) in [5.74, 6) is -0.163. The molecule has 0 radical (unpaired) electrons. The van der Waals surface area contributed by atoms with Gasteiger partial charge in [0.2, 0.25) is 5.96 Å². The van der Waals surface area contributed by atoms with Crippen molar-refractivity contribution in [1.82, 2.24) is 4.90 Å². The standard InChI is InChI=1S/C7H14N4.K.H/c1-2-3-4-5-11(6-8)7(9)10;;/h2-5H2,1H3,(H3,9,10);;/q;+1;-1. The predicted octanol–water partition coefficient (Wildman–Crippen LogP) is -2.03. The number of nitriles is 1. The van der Waals surface area contributed by atoms with Crippen LogP contribution >= 0.6 is 0 Å². The second-order valence-electron chi connectivity index (χ2n) is 2.34. The Morgan fingerprint density at radius 2 is 2.25 bits per heavy atom. The van der Waals surface area contributed by atoms with Crippen LogP contribution in [-0.4, -0.2) is 17.4 Å². The Bertz CT molecular complexity index is 168. The zero-order valence-electron chi connectivity index (χ0n) is 8.80. The van der Waals surface area contributed by atoms with Gasteiger partial charge in [-0.15, -0.1) is 0 Å². The molecule has 0 aromatic carbocycles. The fourth-order valence-electron chi connectivity index (χ4n) is 0.744. The van der Waals surface area contributed by atoms with Gasteiger partial charge in [0.15, 0.2) is 6.19 Å². The summed E-state index contributed by atoms with van der Waals surface area (Å²) in [6.07, 6.45) is 4.95. The monoisotopic (exact) mass is 194 g/mol. The summed E-state index contributed by atoms with van der Waals surface area (Å²) >= 11 is 0. The molecule has 4 nitrogen and oxygen atoms in total. The van der Waals surface area contributed by atoms with Crippen LogP contribution in [0, 0.1) is 16.9 Å². The largest absolute Gasteiger partial charge is 1.00 e. The van der Waals surface area contributed by atoms with Crippen LogP contribution in [-0.2, 0) is 0 Å². The quantitative estimate of drug-likeness (QED) is 0.135. The number of nitrogens with one attached hydrogen (secondary N) is 1. The first kappa shape index (κ1) is 14.9. The van der Waals surface area contributed by atoms with Crippen molar-refractivity contribution in [3.05, 3.63) is 0 Å². The number of guanidine groups is 1. The van der Waals surface area contributed by atoms with Gasteiger partial charge >= 0.3 is 51.4 Å². The zero-order chi connectivity index (χ0) is 8.69. The minimum absolute atomic E-state index is 0. The summed E-state index contributed by atoms with van der Waals surface area (Å²) < 4.78 is 0. The summed E-state index contributed by atoms with van der Waals surface area (Å²) in [5.41, 5.74) is 5.12. The molecule has 0 spiro atoms. The molecular formula is C7H15KN4. The Hall–Kier alpha value is 0.396. The van der Waals surface area contributed by atoms with Gasteiger partial charge in [-0.1, -0.05) is 19.8 Å². The maximum atomic E-state index is 8.45. The first-order valence-electron chi connectivity index (χ1n) is 3.73. The van der Waals surface area contributed by atoms with E-state index >= 15 is 0 Å². The molecule has 0 aliphatic heterocycles. The van der Waals surface area contributed by atoms with E-state index in [2.05, 4.69) is 6.92 Å². The van der Waals surface area contributed by atoms with E-state index < -0.39 is 0 Å². The van der Waals surface area contributed by atoms with Gasteiger partial charge in [0.05, 0.1) is 0 Å². The number of nitrogens with zero attached hydrogens (tertiary/aromatic N) is 2. The molecule has 0 aliphatic rings. The van der Waals surface area contributed by atoms with Crippen molar-refractivity contribution in [2.45, 2.75) is 26.2 Å². The van der Waals surface area contributed by atoms with Crippen LogP contribution in [0.4, 0.5) is 0 Å². The van der Waals surface area contributed by atoms with Crippen molar-refractivity contribution in [3.8, 4) is 6.19 Å². The van der Waals surface area contributed by atoms with E-state index in [-0.39, 0.29) is 58.8 Å². The molecule has 0 bridgehead atoms. The molecule has 0 aromatic heterocycles. The molecule has 0 rings (SSSR count). The molecule has 0 amide bonds. The van der Waals surface area contributed by atoms with Crippen LogP contribution in [0.3, 0.4) is 0 Å². The molecule has 0 aromatic rings. The fraction of sp³-hybridized carbons (Fsp3) is 0.714. The maximum Gasteiger partial charge on any atom is 1.00 e. The minimum atomic E-state index is -0.163. The Balaban J connectivity index is -0.000000500. The van der Waals surface area contributed by atoms with Gasteiger partial charge in [-0.25, -0.2) is 4.90 Å². The smallest absolute Gasteiger partial charge is 1.00 e. The summed E-state index contributed by atoms with van der Waals surface area (Å²) in [6.45, 7) is 2.66. The number of rotatable bonds is 4. The van der Waals surface area contributed by atoms with Crippen molar-refractivity contribution in [2.24, 2.45) is 5.73 Å². The molecular weight excluding hydrogens is 179 g/mol. The van der Waals surface area contributed by atoms with Crippen LogP contribution < -0.4 is 57.1 Å². The van der Waals surface area contributed by atoms with Gasteiger partial charge in [0.1, 0.15) is 0 Å². The molecule has 0 heterocycles. The first-order valence-corrected chi connectivity index (χ1v) is 3.73. The minimum Gasteiger partial charge on any atom is -1.00 e. The number of hydrogen-bond donors (Lipinski definition) is 2. The molecule has 0 saturated carbocycles. The molecule has 3 N–H and O–H groups in total. The Kier molecular flexibility index (Phi) is 11.8. The van der Waals surface area contributed by atoms with Gasteiger partial charge in [0.25, 0.3) is 0 Å². The van der Waals surface area contributed by atoms with E-state index in [1.807, 2.05) is 6.19 Å². The second kappa shape index (κ2) is 9.48. The van der Waals surface area contributed by atoms with Crippen LogP contribution in [0.15, 0.2) is 0 Å². The van der Waals surface area contributed by atoms with Crippen molar-refractivity contribution in [3.63, 3.8) is 0 Å². The number of hydrogen-bond acceptors (Lipinski definition) is 2. The van der Waals surface area contributed by atoms with Gasteiger partial charge in [-0.3, -0.25) is 5.41 Å². The van der Waals surface area contributed by atoms with E-state index in [1.54, 1.807) is 0 Å². The average molecular weight is 194 g/mol. The van der Waals surface area contributed by atoms with E-state index in [4.69, 9.17) is 16.4 Å². The molecule has 12 heavy (non-hydrogen) atoms. The third kappa shape index (κ3) is 7.07. The molecule has 0 unspecified atom stereocenters. The third-order valence-electron chi connectivity index (χ3n) is 1.40. The van der Waals surface area contributed by atoms with Crippen molar-refractivity contribution < 1.29 is 52.8 Å². The molecule has 5 heteroatoms. The van der Waals surface area contributed by atoms with E-state index in [0.29, 0.717) is 6.54 Å². The van der Waals surface area contributed by atoms with Crippen molar-refractivity contribution in [1.29, 1.82) is 10.7 Å². The van der Waals surface area contributed by atoms with Crippen molar-refractivity contribution >= 4 is 5.96 Å². The SMILES string of the molecule is CCCCCN(C#N)C(=N)N.[H-].[K+]. The Morgan fingerprint density at radius 1 is 1.67 bits per heavy atom. The molecule has 64 valence electrons. The molecule has 0 atom stereocenters. The summed E-state index contributed by atoms with van der Waals surface area (Å²) in [7, 11) is 0. The topological polar surface area (TPSA) is 76.9 Å². The summed E-state index contributed by atoms with van der Waals surface area (Å²) in [5, 5.41) is 15.4. The van der Waals surface area contributed by atoms with Crippen LogP contribution in [0.5, 0.6) is 0 Å². The molecule has 0 saturated heterocycles. The van der Waals surface area contributed by atoms with Gasteiger partial charge < -0.3 is 7.16 Å². The van der Waals surface area contributed by atoms with E-state index in [1.165, 1.54) is 4.90 Å². The van der Waals surface area contributed by atoms with Crippen LogP contribution in [0.1, 0.15) is 27.6 Å². The van der Waals surface area contributed by atoms with Crippen LogP contribution in [0.2, 0.25) is 0 Å². The maximum absolute atomic E-state index is 8.45. The zero-order valence-corrected chi connectivity index (χ0v) is 10.9. The third-order valence-corrected chi connectivity index (χ3v) is 1.40. The Morgan fingerprint density at radius 3 is 2.58 bits per heavy atom. The van der Waals surface area contributed by atoms with E-state index in [9.17, 15) is 0 Å². The van der Waals surface area contributed by atoms with E-state index in [0.717, 1.165) is 19.3 Å². The predicted molar refractivity (Wildman–Crippen MR) is 44.9 cm³/mol. The van der Waals surface area contributed by atoms with Crippen LogP contribution in [0.25, 0.3) is 0 Å². The molecule has 0 fully saturated rings. The van der Waals surface area contributed by atoms with Gasteiger partial charge in [0, 0.05) is 6.54 Å². The second-order valence-corrected chi connectivity index (χ2v) is 2.34. The van der Waals surface area contributed by atoms with Gasteiger partial charge in [-0.05, 0) is 6.42 Å². The number of nitrogens with two attached hydrogens (primary N) is 1. The number of unbranched alkanes of at least 4 members (excludes halogenated alkanes) is 2. The first-order chi connectivity index (χ1) is 5.22. The van der Waals surface area contributed by atoms with Crippen molar-refractivity contribution in [2.75, 3.05) is 6.54 Å². The summed E-state index contributed by atoms with van der Waals surface area (Å²) in [6, 6.07) is 0. The normalized spacial score (nSPS) is 8.00. The summed E-state index contributed by atoms with van der Waals surface area (Å²) in [4.78, 5) is 1.19.